The Labute approximate surface area is 152 Å². The number of aryl methyl sites for hydroxylation is 1. The van der Waals surface area contributed by atoms with E-state index in [1.807, 2.05) is 6.92 Å². The molecular formula is C18H13FN6O2. The number of anilines is 1. The van der Waals surface area contributed by atoms with Gasteiger partial charge in [-0.2, -0.15) is 0 Å². The number of hydrogen-bond donors (Lipinski definition) is 1. The van der Waals surface area contributed by atoms with Crippen molar-refractivity contribution in [1.82, 2.24) is 24.6 Å². The van der Waals surface area contributed by atoms with Crippen LogP contribution in [0.1, 0.15) is 16.3 Å². The molecule has 4 rings (SSSR count). The van der Waals surface area contributed by atoms with Crippen molar-refractivity contribution in [3.05, 3.63) is 72.2 Å². The van der Waals surface area contributed by atoms with Crippen molar-refractivity contribution in [2.45, 2.75) is 6.92 Å². The van der Waals surface area contributed by atoms with Gasteiger partial charge in [-0.15, -0.1) is 10.2 Å². The first-order chi connectivity index (χ1) is 13.1. The molecule has 1 aromatic carbocycles. The number of para-hydroxylation sites is 1. The van der Waals surface area contributed by atoms with Crippen molar-refractivity contribution in [3.8, 4) is 11.6 Å². The SMILES string of the molecule is Cc1ccn2c(C(=O)Nc3cccnc3Oc3ccccc3F)nnc2n1. The van der Waals surface area contributed by atoms with Gasteiger partial charge in [-0.3, -0.25) is 9.20 Å². The second kappa shape index (κ2) is 6.79. The average Bonchev–Trinajstić information content (AvgIpc) is 3.08. The molecule has 4 aromatic rings. The van der Waals surface area contributed by atoms with E-state index in [2.05, 4.69) is 25.5 Å². The lowest BCUT2D eigenvalue weighted by Gasteiger charge is -2.11. The molecule has 0 atom stereocenters. The summed E-state index contributed by atoms with van der Waals surface area (Å²) in [6, 6.07) is 10.9. The van der Waals surface area contributed by atoms with Gasteiger partial charge in [0.15, 0.2) is 11.6 Å². The highest BCUT2D eigenvalue weighted by Crippen LogP contribution is 2.28. The molecule has 27 heavy (non-hydrogen) atoms. The van der Waals surface area contributed by atoms with E-state index in [4.69, 9.17) is 4.74 Å². The highest BCUT2D eigenvalue weighted by Gasteiger charge is 2.18. The summed E-state index contributed by atoms with van der Waals surface area (Å²) < 4.78 is 20.8. The van der Waals surface area contributed by atoms with E-state index in [1.165, 1.54) is 22.7 Å². The Morgan fingerprint density at radius 2 is 2.00 bits per heavy atom. The van der Waals surface area contributed by atoms with E-state index in [0.717, 1.165) is 5.69 Å². The first-order valence-electron chi connectivity index (χ1n) is 7.99. The Bertz CT molecular complexity index is 1140. The highest BCUT2D eigenvalue weighted by molar-refractivity contribution is 6.02. The minimum Gasteiger partial charge on any atom is -0.434 e. The number of hydrogen-bond acceptors (Lipinski definition) is 6. The molecule has 0 aliphatic heterocycles. The van der Waals surface area contributed by atoms with Crippen LogP contribution in [0.4, 0.5) is 10.1 Å². The van der Waals surface area contributed by atoms with Crippen molar-refractivity contribution in [2.75, 3.05) is 5.32 Å². The summed E-state index contributed by atoms with van der Waals surface area (Å²) in [5.41, 5.74) is 1.03. The van der Waals surface area contributed by atoms with Crippen LogP contribution in [0.5, 0.6) is 11.6 Å². The van der Waals surface area contributed by atoms with E-state index in [-0.39, 0.29) is 23.1 Å². The third kappa shape index (κ3) is 3.30. The maximum Gasteiger partial charge on any atom is 0.294 e. The average molecular weight is 364 g/mol. The van der Waals surface area contributed by atoms with Gasteiger partial charge in [0, 0.05) is 18.1 Å². The zero-order chi connectivity index (χ0) is 18.8. The van der Waals surface area contributed by atoms with Gasteiger partial charge in [0.1, 0.15) is 5.69 Å². The molecule has 134 valence electrons. The summed E-state index contributed by atoms with van der Waals surface area (Å²) in [5, 5.41) is 10.4. The van der Waals surface area contributed by atoms with Gasteiger partial charge in [-0.25, -0.2) is 14.4 Å². The summed E-state index contributed by atoms with van der Waals surface area (Å²) in [7, 11) is 0. The molecule has 3 aromatic heterocycles. The normalized spacial score (nSPS) is 10.7. The second-order valence-corrected chi connectivity index (χ2v) is 5.61. The molecule has 0 bridgehead atoms. The Kier molecular flexibility index (Phi) is 4.17. The number of benzene rings is 1. The van der Waals surface area contributed by atoms with Gasteiger partial charge >= 0.3 is 0 Å². The van der Waals surface area contributed by atoms with Crippen LogP contribution < -0.4 is 10.1 Å². The maximum absolute atomic E-state index is 13.8. The smallest absolute Gasteiger partial charge is 0.294 e. The minimum absolute atomic E-state index is 0.000647. The fraction of sp³-hybridized carbons (Fsp3) is 0.0556. The number of nitrogens with zero attached hydrogens (tertiary/aromatic N) is 5. The Morgan fingerprint density at radius 3 is 2.85 bits per heavy atom. The van der Waals surface area contributed by atoms with Gasteiger partial charge in [0.2, 0.25) is 11.7 Å². The molecule has 0 radical (unpaired) electrons. The molecule has 0 fully saturated rings. The van der Waals surface area contributed by atoms with Crippen LogP contribution >= 0.6 is 0 Å². The standard InChI is InChI=1S/C18H13FN6O2/c1-11-8-10-25-15(23-24-18(25)21-11)16(26)22-13-6-4-9-20-17(13)27-14-7-3-2-5-12(14)19/h2-10H,1H3,(H,22,26). The van der Waals surface area contributed by atoms with E-state index in [9.17, 15) is 9.18 Å². The fourth-order valence-electron chi connectivity index (χ4n) is 2.41. The molecule has 0 saturated carbocycles. The number of pyridine rings is 1. The molecule has 9 heteroatoms. The molecule has 0 unspecified atom stereocenters. The number of carbonyl (C=O) groups excluding carboxylic acids is 1. The lowest BCUT2D eigenvalue weighted by Crippen LogP contribution is -2.16. The van der Waals surface area contributed by atoms with Crippen LogP contribution in [0.2, 0.25) is 0 Å². The second-order valence-electron chi connectivity index (χ2n) is 5.61. The van der Waals surface area contributed by atoms with Gasteiger partial charge in [0.05, 0.1) is 0 Å². The molecular weight excluding hydrogens is 351 g/mol. The van der Waals surface area contributed by atoms with Gasteiger partial charge in [-0.1, -0.05) is 12.1 Å². The van der Waals surface area contributed by atoms with Crippen LogP contribution in [-0.2, 0) is 0 Å². The van der Waals surface area contributed by atoms with Crippen LogP contribution in [0.15, 0.2) is 54.9 Å². The zero-order valence-corrected chi connectivity index (χ0v) is 14.1. The van der Waals surface area contributed by atoms with Gasteiger partial charge < -0.3 is 10.1 Å². The summed E-state index contributed by atoms with van der Waals surface area (Å²) in [4.78, 5) is 20.9. The van der Waals surface area contributed by atoms with Crippen LogP contribution in [0, 0.1) is 12.7 Å². The molecule has 8 nitrogen and oxygen atoms in total. The number of ether oxygens (including phenoxy) is 1. The Balaban J connectivity index is 1.62. The highest BCUT2D eigenvalue weighted by atomic mass is 19.1. The monoisotopic (exact) mass is 364 g/mol. The largest absolute Gasteiger partial charge is 0.434 e. The van der Waals surface area contributed by atoms with E-state index < -0.39 is 11.7 Å². The molecule has 0 saturated heterocycles. The molecule has 0 aliphatic carbocycles. The van der Waals surface area contributed by atoms with Crippen LogP contribution in [0.25, 0.3) is 5.78 Å². The number of amides is 1. The number of halogens is 1. The Hall–Kier alpha value is -3.88. The summed E-state index contributed by atoms with van der Waals surface area (Å²) >= 11 is 0. The van der Waals surface area contributed by atoms with Gasteiger partial charge in [-0.05, 0) is 37.3 Å². The predicted octanol–water partition coefficient (Wildman–Crippen LogP) is 3.01. The lowest BCUT2D eigenvalue weighted by atomic mass is 10.3. The minimum atomic E-state index is -0.537. The number of fused-ring (bicyclic) bond motifs is 1. The first kappa shape index (κ1) is 16.6. The number of nitrogens with one attached hydrogen (secondary N) is 1. The third-order valence-corrected chi connectivity index (χ3v) is 3.68. The topological polar surface area (TPSA) is 94.3 Å². The summed E-state index contributed by atoms with van der Waals surface area (Å²) in [5.74, 6) is -0.643. The first-order valence-corrected chi connectivity index (χ1v) is 7.99. The quantitative estimate of drug-likeness (QED) is 0.598. The van der Waals surface area contributed by atoms with Crippen molar-refractivity contribution in [3.63, 3.8) is 0 Å². The predicted molar refractivity (Wildman–Crippen MR) is 94.2 cm³/mol. The van der Waals surface area contributed by atoms with Crippen LogP contribution in [0.3, 0.4) is 0 Å². The molecule has 1 amide bonds. The van der Waals surface area contributed by atoms with E-state index in [1.54, 1.807) is 36.5 Å². The van der Waals surface area contributed by atoms with Crippen molar-refractivity contribution >= 4 is 17.4 Å². The molecule has 3 heterocycles. The fourth-order valence-corrected chi connectivity index (χ4v) is 2.41. The third-order valence-electron chi connectivity index (χ3n) is 3.68. The van der Waals surface area contributed by atoms with E-state index >= 15 is 0 Å². The molecule has 0 spiro atoms. The van der Waals surface area contributed by atoms with Gasteiger partial charge in [0.25, 0.3) is 11.7 Å². The van der Waals surface area contributed by atoms with Crippen molar-refractivity contribution < 1.29 is 13.9 Å². The van der Waals surface area contributed by atoms with Crippen LogP contribution in [-0.4, -0.2) is 30.5 Å². The zero-order valence-electron chi connectivity index (χ0n) is 14.1. The molecule has 1 N–H and O–H groups in total. The van der Waals surface area contributed by atoms with E-state index in [0.29, 0.717) is 5.78 Å². The number of rotatable bonds is 4. The number of aromatic nitrogens is 5. The van der Waals surface area contributed by atoms with Crippen molar-refractivity contribution in [2.24, 2.45) is 0 Å². The summed E-state index contributed by atoms with van der Waals surface area (Å²) in [6.45, 7) is 1.82. The molecule has 0 aliphatic rings. The summed E-state index contributed by atoms with van der Waals surface area (Å²) in [6.07, 6.45) is 3.14. The Morgan fingerprint density at radius 1 is 1.15 bits per heavy atom. The maximum atomic E-state index is 13.8. The van der Waals surface area contributed by atoms with Crippen molar-refractivity contribution in [1.29, 1.82) is 0 Å². The lowest BCUT2D eigenvalue weighted by molar-refractivity contribution is 0.101. The number of carbonyl (C=O) groups is 1.